The molecule has 4 aliphatic rings. The number of esters is 3. The first-order valence-corrected chi connectivity index (χ1v) is 31.5. The van der Waals surface area contributed by atoms with Gasteiger partial charge in [0.25, 0.3) is 5.91 Å². The van der Waals surface area contributed by atoms with Crippen LogP contribution in [0.1, 0.15) is 121 Å². The van der Waals surface area contributed by atoms with Crippen LogP contribution in [0.15, 0.2) is 102 Å². The van der Waals surface area contributed by atoms with Crippen LogP contribution in [-0.2, 0) is 37.4 Å². The highest BCUT2D eigenvalue weighted by Gasteiger charge is 2.78. The van der Waals surface area contributed by atoms with Crippen molar-refractivity contribution in [3.8, 4) is 0 Å². The van der Waals surface area contributed by atoms with E-state index < -0.39 is 122 Å². The van der Waals surface area contributed by atoms with E-state index >= 15 is 4.79 Å². The van der Waals surface area contributed by atoms with Crippen LogP contribution in [0.25, 0.3) is 0 Å². The molecule has 3 fully saturated rings. The van der Waals surface area contributed by atoms with Crippen molar-refractivity contribution in [1.29, 1.82) is 0 Å². The van der Waals surface area contributed by atoms with Gasteiger partial charge in [0, 0.05) is 36.2 Å². The fourth-order valence-electron chi connectivity index (χ4n) is 12.2. The molecule has 2 unspecified atom stereocenters. The van der Waals surface area contributed by atoms with Gasteiger partial charge < -0.3 is 48.4 Å². The second kappa shape index (κ2) is 20.9. The Bertz CT molecular complexity index is 2500. The maximum absolute atomic E-state index is 15.6. The first-order valence-electron chi connectivity index (χ1n) is 26.0. The lowest BCUT2D eigenvalue weighted by molar-refractivity contribution is -0.363. The molecular formula is C57H79NO13Si2. The molecule has 0 aromatic heterocycles. The summed E-state index contributed by atoms with van der Waals surface area (Å²) in [6.45, 7) is 24.4. The molecule has 1 amide bonds. The number of carbonyl (C=O) groups excluding carboxylic acids is 4. The standard InChI is InChI=1S/C57H79NO13Si2/c1-14-73(15-2,16-3)70-41-32-42-56(34-66-42,69-36(5)59)47-49(68-51(63)39-30-24-19-25-31-39)57(65)33-40(35(4)43(54(57,9)10)45(60)48(61)55(41,47)11)67-52(64)46(71-72(12,13)53(6,7)8)44(37-26-20-17-21-27-37)58-50(62)38-28-22-18-23-29-38/h17-31,40-42,44-49,60-61,65H,14-16,32-34H2,1-13H3,(H,58,62)/t40-,41?,42+,44-,45-,46?,47-,48-,49-,55+,56-,57+/m0/s1. The predicted octanol–water partition coefficient (Wildman–Crippen LogP) is 9.02. The van der Waals surface area contributed by atoms with Crippen molar-refractivity contribution in [2.45, 2.75) is 185 Å². The summed E-state index contributed by atoms with van der Waals surface area (Å²) in [7, 11) is -5.45. The number of carbonyl (C=O) groups is 4. The van der Waals surface area contributed by atoms with Crippen molar-refractivity contribution in [2.75, 3.05) is 6.61 Å². The van der Waals surface area contributed by atoms with E-state index in [1.165, 1.54) is 6.92 Å². The molecule has 2 saturated carbocycles. The van der Waals surface area contributed by atoms with Gasteiger partial charge in [0.2, 0.25) is 0 Å². The number of ether oxygens (including phenoxy) is 4. The Labute approximate surface area is 433 Å². The van der Waals surface area contributed by atoms with Gasteiger partial charge in [-0.3, -0.25) is 9.59 Å². The van der Waals surface area contributed by atoms with Crippen LogP contribution in [0, 0.1) is 16.7 Å². The van der Waals surface area contributed by atoms with Crippen molar-refractivity contribution in [2.24, 2.45) is 16.7 Å². The first kappa shape index (κ1) is 56.2. The molecule has 7 rings (SSSR count). The van der Waals surface area contributed by atoms with Gasteiger partial charge in [-0.15, -0.1) is 0 Å². The minimum Gasteiger partial charge on any atom is -0.456 e. The second-order valence-corrected chi connectivity index (χ2v) is 32.6. The van der Waals surface area contributed by atoms with Crippen LogP contribution in [0.3, 0.4) is 0 Å². The van der Waals surface area contributed by atoms with Gasteiger partial charge >= 0.3 is 17.9 Å². The van der Waals surface area contributed by atoms with E-state index in [1.54, 1.807) is 113 Å². The van der Waals surface area contributed by atoms with Gasteiger partial charge in [-0.25, -0.2) is 9.59 Å². The van der Waals surface area contributed by atoms with E-state index in [-0.39, 0.29) is 30.6 Å². The van der Waals surface area contributed by atoms with Crippen molar-refractivity contribution >= 4 is 40.4 Å². The summed E-state index contributed by atoms with van der Waals surface area (Å²) in [5.74, 6) is -4.04. The topological polar surface area (TPSA) is 196 Å². The SMILES string of the molecule is CC[Si](CC)(CC)OC1C[C@H]2OC[C@@]2(OC(C)=O)[C@H]2[C@H](OC(=O)c3ccccc3)[C@]3(O)C[C@H](OC(=O)C(O[Si](C)(C)C(C)(C)C)[C@@H](NC(=O)c4ccccc4)c4ccccc4)C(C)=C([C@H](O)[C@H](O)[C@]12C)C3(C)C. The maximum atomic E-state index is 15.6. The Morgan fingerprint density at radius 2 is 1.38 bits per heavy atom. The van der Waals surface area contributed by atoms with Gasteiger partial charge in [-0.2, -0.15) is 0 Å². The molecule has 1 heterocycles. The molecule has 2 bridgehead atoms. The van der Waals surface area contributed by atoms with E-state index in [4.69, 9.17) is 27.8 Å². The normalized spacial score (nSPS) is 30.7. The number of aliphatic hydroxyl groups excluding tert-OH is 2. The molecule has 14 nitrogen and oxygen atoms in total. The first-order chi connectivity index (χ1) is 34.2. The Morgan fingerprint density at radius 1 is 0.836 bits per heavy atom. The van der Waals surface area contributed by atoms with E-state index in [0.717, 1.165) is 18.1 Å². The number of nitrogens with one attached hydrogen (secondary N) is 1. The molecular weight excluding hydrogens is 963 g/mol. The number of amides is 1. The molecule has 3 aromatic rings. The summed E-state index contributed by atoms with van der Waals surface area (Å²) in [4.78, 5) is 58.0. The number of benzene rings is 3. The van der Waals surface area contributed by atoms with Crippen LogP contribution in [0.4, 0.5) is 0 Å². The third-order valence-electron chi connectivity index (χ3n) is 17.9. The molecule has 3 aliphatic carbocycles. The fraction of sp³-hybridized carbons (Fsp3) is 0.579. The van der Waals surface area contributed by atoms with Gasteiger partial charge in [0.1, 0.15) is 30.0 Å². The second-order valence-electron chi connectivity index (χ2n) is 23.2. The monoisotopic (exact) mass is 1040 g/mol. The molecule has 1 saturated heterocycles. The quantitative estimate of drug-likeness (QED) is 0.0460. The van der Waals surface area contributed by atoms with Gasteiger partial charge in [-0.1, -0.05) is 129 Å². The molecule has 0 radical (unpaired) electrons. The third-order valence-corrected chi connectivity index (χ3v) is 27.1. The van der Waals surface area contributed by atoms with Crippen molar-refractivity contribution in [3.05, 3.63) is 119 Å². The smallest absolute Gasteiger partial charge is 0.338 e. The summed E-state index contributed by atoms with van der Waals surface area (Å²) in [5.41, 5.74) is -5.29. The molecule has 73 heavy (non-hydrogen) atoms. The lowest BCUT2D eigenvalue weighted by Crippen LogP contribution is -2.82. The molecule has 4 N–H and O–H groups in total. The van der Waals surface area contributed by atoms with Crippen LogP contribution >= 0.6 is 0 Å². The largest absolute Gasteiger partial charge is 0.456 e. The number of aliphatic hydroxyl groups is 3. The van der Waals surface area contributed by atoms with Crippen molar-refractivity contribution in [1.82, 2.24) is 5.32 Å². The van der Waals surface area contributed by atoms with E-state index in [2.05, 4.69) is 26.1 Å². The van der Waals surface area contributed by atoms with E-state index in [1.807, 2.05) is 39.9 Å². The highest BCUT2D eigenvalue weighted by Crippen LogP contribution is 2.66. The van der Waals surface area contributed by atoms with Crippen molar-refractivity contribution in [3.63, 3.8) is 0 Å². The fourth-order valence-corrected chi connectivity index (χ4v) is 16.4. The Hall–Kier alpha value is -4.53. The van der Waals surface area contributed by atoms with Crippen molar-refractivity contribution < 1.29 is 62.3 Å². The molecule has 16 heteroatoms. The highest BCUT2D eigenvalue weighted by molar-refractivity contribution is 6.74. The van der Waals surface area contributed by atoms with E-state index in [9.17, 15) is 29.7 Å². The number of hydrogen-bond donors (Lipinski definition) is 4. The summed E-state index contributed by atoms with van der Waals surface area (Å²) < 4.78 is 40.6. The zero-order chi connectivity index (χ0) is 53.7. The molecule has 3 aromatic carbocycles. The third kappa shape index (κ3) is 9.95. The van der Waals surface area contributed by atoms with Crippen LogP contribution in [0.2, 0.25) is 36.3 Å². The summed E-state index contributed by atoms with van der Waals surface area (Å²) in [5, 5.41) is 43.4. The zero-order valence-electron chi connectivity index (χ0n) is 45.0. The Morgan fingerprint density at radius 3 is 1.89 bits per heavy atom. The molecule has 1 aliphatic heterocycles. The summed E-state index contributed by atoms with van der Waals surface area (Å²) in [6.07, 6.45) is -9.67. The van der Waals surface area contributed by atoms with Crippen LogP contribution in [-0.4, -0.2) is 116 Å². The minimum atomic E-state index is -2.89. The van der Waals surface area contributed by atoms with Gasteiger partial charge in [0.15, 0.2) is 28.3 Å². The maximum Gasteiger partial charge on any atom is 0.338 e. The number of hydrogen-bond acceptors (Lipinski definition) is 13. The van der Waals surface area contributed by atoms with Gasteiger partial charge in [0.05, 0.1) is 36.3 Å². The lowest BCUT2D eigenvalue weighted by Gasteiger charge is -2.70. The Balaban J connectivity index is 1.44. The average molecular weight is 1040 g/mol. The zero-order valence-corrected chi connectivity index (χ0v) is 47.0. The average Bonchev–Trinajstić information content (AvgIpc) is 3.35. The molecule has 12 atom stereocenters. The summed E-state index contributed by atoms with van der Waals surface area (Å²) >= 11 is 0. The lowest BCUT2D eigenvalue weighted by atomic mass is 9.44. The highest BCUT2D eigenvalue weighted by atomic mass is 28.4. The number of fused-ring (bicyclic) bond motifs is 5. The molecule has 0 spiro atoms. The number of rotatable bonds is 16. The van der Waals surface area contributed by atoms with Crippen LogP contribution < -0.4 is 5.32 Å². The predicted molar refractivity (Wildman–Crippen MR) is 281 cm³/mol. The van der Waals surface area contributed by atoms with Gasteiger partial charge in [-0.05, 0) is 84.2 Å². The summed E-state index contributed by atoms with van der Waals surface area (Å²) in [6, 6.07) is 27.2. The Kier molecular flexibility index (Phi) is 16.1. The van der Waals surface area contributed by atoms with E-state index in [0.29, 0.717) is 16.7 Å². The minimum absolute atomic E-state index is 0.164. The van der Waals surface area contributed by atoms with Crippen LogP contribution in [0.5, 0.6) is 0 Å². The molecule has 398 valence electrons.